The van der Waals surface area contributed by atoms with Gasteiger partial charge in [-0.3, -0.25) is 4.40 Å². The number of hydrogen-bond donors (Lipinski definition) is 0. The van der Waals surface area contributed by atoms with Gasteiger partial charge in [-0.05, 0) is 40.4 Å². The molecule has 3 heteroatoms. The van der Waals surface area contributed by atoms with Crippen molar-refractivity contribution in [3.8, 4) is 0 Å². The maximum absolute atomic E-state index is 4.55. The fourth-order valence-electron chi connectivity index (χ4n) is 1.54. The minimum absolute atomic E-state index is 0.652. The molecule has 0 spiro atoms. The first-order valence-electron chi connectivity index (χ1n) is 4.79. The van der Waals surface area contributed by atoms with E-state index in [0.717, 1.165) is 22.4 Å². The van der Waals surface area contributed by atoms with Crippen molar-refractivity contribution in [2.24, 2.45) is 5.92 Å². The van der Waals surface area contributed by atoms with E-state index in [1.165, 1.54) is 0 Å². The van der Waals surface area contributed by atoms with Gasteiger partial charge in [-0.1, -0.05) is 19.9 Å². The number of rotatable bonds is 2. The average molecular weight is 253 g/mol. The van der Waals surface area contributed by atoms with Crippen LogP contribution in [0.2, 0.25) is 0 Å². The third-order valence-electron chi connectivity index (χ3n) is 2.11. The van der Waals surface area contributed by atoms with Crippen LogP contribution in [0.5, 0.6) is 0 Å². The maximum atomic E-state index is 4.55. The number of aromatic nitrogens is 2. The smallest absolute Gasteiger partial charge is 0.137 e. The van der Waals surface area contributed by atoms with Gasteiger partial charge in [0, 0.05) is 6.20 Å². The van der Waals surface area contributed by atoms with Crippen molar-refractivity contribution in [1.29, 1.82) is 0 Å². The molecule has 2 aromatic rings. The van der Waals surface area contributed by atoms with E-state index in [2.05, 4.69) is 45.4 Å². The van der Waals surface area contributed by atoms with E-state index < -0.39 is 0 Å². The number of imidazole rings is 1. The van der Waals surface area contributed by atoms with Gasteiger partial charge in [0.15, 0.2) is 0 Å². The van der Waals surface area contributed by atoms with Crippen molar-refractivity contribution in [3.63, 3.8) is 0 Å². The van der Waals surface area contributed by atoms with Crippen LogP contribution in [0.25, 0.3) is 5.65 Å². The zero-order chi connectivity index (χ0) is 10.1. The number of hydrogen-bond acceptors (Lipinski definition) is 1. The Morgan fingerprint density at radius 1 is 1.43 bits per heavy atom. The molecule has 0 aliphatic rings. The fourth-order valence-corrected chi connectivity index (χ4v) is 1.98. The van der Waals surface area contributed by atoms with Crippen molar-refractivity contribution in [1.82, 2.24) is 9.38 Å². The molecule has 0 bridgehead atoms. The summed E-state index contributed by atoms with van der Waals surface area (Å²) in [6.07, 6.45) is 3.13. The van der Waals surface area contributed by atoms with Gasteiger partial charge in [-0.2, -0.15) is 0 Å². The van der Waals surface area contributed by atoms with Crippen molar-refractivity contribution < 1.29 is 0 Å². The van der Waals surface area contributed by atoms with Crippen LogP contribution in [0.1, 0.15) is 19.5 Å². The van der Waals surface area contributed by atoms with Crippen molar-refractivity contribution in [3.05, 3.63) is 34.7 Å². The number of fused-ring (bicyclic) bond motifs is 1. The number of halogens is 1. The Hall–Kier alpha value is -0.830. The van der Waals surface area contributed by atoms with Gasteiger partial charge in [-0.15, -0.1) is 0 Å². The highest BCUT2D eigenvalue weighted by molar-refractivity contribution is 9.10. The molecule has 0 unspecified atom stereocenters. The molecule has 2 heterocycles. The first kappa shape index (κ1) is 9.71. The monoisotopic (exact) mass is 252 g/mol. The average Bonchev–Trinajstić information content (AvgIpc) is 2.47. The summed E-state index contributed by atoms with van der Waals surface area (Å²) in [5.41, 5.74) is 2.17. The molecule has 0 N–H and O–H groups in total. The predicted octanol–water partition coefficient (Wildman–Crippen LogP) is 3.30. The maximum Gasteiger partial charge on any atom is 0.137 e. The summed E-state index contributed by atoms with van der Waals surface area (Å²) in [5.74, 6) is 0.652. The summed E-state index contributed by atoms with van der Waals surface area (Å²) < 4.78 is 3.12. The van der Waals surface area contributed by atoms with Crippen molar-refractivity contribution in [2.75, 3.05) is 0 Å². The lowest BCUT2D eigenvalue weighted by atomic mass is 10.1. The fraction of sp³-hybridized carbons (Fsp3) is 0.364. The summed E-state index contributed by atoms with van der Waals surface area (Å²) in [6.45, 7) is 4.41. The van der Waals surface area contributed by atoms with Crippen LogP contribution in [-0.2, 0) is 6.42 Å². The van der Waals surface area contributed by atoms with Crippen molar-refractivity contribution >= 4 is 21.6 Å². The summed E-state index contributed by atoms with van der Waals surface area (Å²) in [5, 5.41) is 0. The van der Waals surface area contributed by atoms with Gasteiger partial charge in [0.1, 0.15) is 5.65 Å². The zero-order valence-corrected chi connectivity index (χ0v) is 9.95. The lowest BCUT2D eigenvalue weighted by molar-refractivity contribution is 0.638. The number of nitrogens with zero attached hydrogens (tertiary/aromatic N) is 2. The second-order valence-corrected chi connectivity index (χ2v) is 4.72. The quantitative estimate of drug-likeness (QED) is 0.750. The lowest BCUT2D eigenvalue weighted by Crippen LogP contribution is -1.93. The van der Waals surface area contributed by atoms with E-state index in [0.29, 0.717) is 5.92 Å². The highest BCUT2D eigenvalue weighted by Gasteiger charge is 2.04. The van der Waals surface area contributed by atoms with E-state index in [4.69, 9.17) is 0 Å². The molecule has 0 fully saturated rings. The molecule has 14 heavy (non-hydrogen) atoms. The zero-order valence-electron chi connectivity index (χ0n) is 8.37. The highest BCUT2D eigenvalue weighted by atomic mass is 79.9. The summed E-state index contributed by atoms with van der Waals surface area (Å²) in [4.78, 5) is 4.55. The Morgan fingerprint density at radius 2 is 2.21 bits per heavy atom. The molecule has 0 aromatic carbocycles. The van der Waals surface area contributed by atoms with Crippen LogP contribution >= 0.6 is 15.9 Å². The van der Waals surface area contributed by atoms with Gasteiger partial charge in [0.05, 0.1) is 10.3 Å². The standard InChI is InChI=1S/C11H13BrN2/c1-8(2)6-9-7-14-10(12)4-3-5-11(14)13-9/h3-5,7-8H,6H2,1-2H3. The van der Waals surface area contributed by atoms with Crippen molar-refractivity contribution in [2.45, 2.75) is 20.3 Å². The third-order valence-corrected chi connectivity index (χ3v) is 2.76. The molecule has 0 saturated heterocycles. The molecule has 0 saturated carbocycles. The number of pyridine rings is 1. The van der Waals surface area contributed by atoms with Crippen LogP contribution in [-0.4, -0.2) is 9.38 Å². The SMILES string of the molecule is CC(C)Cc1cn2c(Br)cccc2n1. The van der Waals surface area contributed by atoms with E-state index in [1.807, 2.05) is 18.2 Å². The minimum Gasteiger partial charge on any atom is -0.294 e. The topological polar surface area (TPSA) is 17.3 Å². The summed E-state index contributed by atoms with van der Waals surface area (Å²) in [7, 11) is 0. The molecule has 2 rings (SSSR count). The second kappa shape index (κ2) is 3.73. The van der Waals surface area contributed by atoms with Gasteiger partial charge in [-0.25, -0.2) is 4.98 Å². The molecule has 0 amide bonds. The Kier molecular flexibility index (Phi) is 2.59. The Morgan fingerprint density at radius 3 is 2.86 bits per heavy atom. The van der Waals surface area contributed by atoms with Crippen LogP contribution in [0.3, 0.4) is 0 Å². The molecule has 74 valence electrons. The van der Waals surface area contributed by atoms with Gasteiger partial charge in [0.25, 0.3) is 0 Å². The lowest BCUT2D eigenvalue weighted by Gasteiger charge is -1.98. The molecular weight excluding hydrogens is 240 g/mol. The molecule has 2 nitrogen and oxygen atoms in total. The first-order chi connectivity index (χ1) is 6.66. The third kappa shape index (κ3) is 1.82. The predicted molar refractivity (Wildman–Crippen MR) is 61.4 cm³/mol. The van der Waals surface area contributed by atoms with Gasteiger partial charge >= 0.3 is 0 Å². The Bertz CT molecular complexity index is 445. The van der Waals surface area contributed by atoms with Gasteiger partial charge < -0.3 is 0 Å². The Balaban J connectivity index is 2.46. The van der Waals surface area contributed by atoms with Crippen LogP contribution in [0.15, 0.2) is 29.0 Å². The van der Waals surface area contributed by atoms with Crippen LogP contribution in [0, 0.1) is 5.92 Å². The van der Waals surface area contributed by atoms with Gasteiger partial charge in [0.2, 0.25) is 0 Å². The minimum atomic E-state index is 0.652. The van der Waals surface area contributed by atoms with Crippen LogP contribution < -0.4 is 0 Å². The van der Waals surface area contributed by atoms with Crippen LogP contribution in [0.4, 0.5) is 0 Å². The van der Waals surface area contributed by atoms with E-state index in [1.54, 1.807) is 0 Å². The molecule has 0 aliphatic heterocycles. The molecule has 2 aromatic heterocycles. The van der Waals surface area contributed by atoms with E-state index >= 15 is 0 Å². The molecule has 0 aliphatic carbocycles. The largest absolute Gasteiger partial charge is 0.294 e. The molecule has 0 atom stereocenters. The highest BCUT2D eigenvalue weighted by Crippen LogP contribution is 2.15. The normalized spacial score (nSPS) is 11.4. The van der Waals surface area contributed by atoms with E-state index in [9.17, 15) is 0 Å². The second-order valence-electron chi connectivity index (χ2n) is 3.91. The molecular formula is C11H13BrN2. The summed E-state index contributed by atoms with van der Waals surface area (Å²) in [6, 6.07) is 6.05. The first-order valence-corrected chi connectivity index (χ1v) is 5.58. The Labute approximate surface area is 92.1 Å². The molecule has 0 radical (unpaired) electrons. The van der Waals surface area contributed by atoms with E-state index in [-0.39, 0.29) is 0 Å². The summed E-state index contributed by atoms with van der Waals surface area (Å²) >= 11 is 3.50.